The molecule has 0 aromatic carbocycles. The summed E-state index contributed by atoms with van der Waals surface area (Å²) < 4.78 is 4.66. The van der Waals surface area contributed by atoms with E-state index >= 15 is 0 Å². The first-order valence-corrected chi connectivity index (χ1v) is 3.28. The average Bonchev–Trinajstić information content (AvgIpc) is 1.87. The van der Waals surface area contributed by atoms with Crippen LogP contribution < -0.4 is 10.9 Å². The molecule has 0 saturated heterocycles. The summed E-state index contributed by atoms with van der Waals surface area (Å²) in [5.41, 5.74) is 5.44. The van der Waals surface area contributed by atoms with E-state index in [1.807, 2.05) is 0 Å². The zero-order valence-corrected chi connectivity index (χ0v) is 6.57. The summed E-state index contributed by atoms with van der Waals surface area (Å²) in [5, 5.41) is -0.341. The lowest BCUT2D eigenvalue weighted by Crippen LogP contribution is -2.34. The third kappa shape index (κ3) is 7.84. The molecule has 0 aromatic heterocycles. The number of hydrazine groups is 1. The molecule has 0 atom stereocenters. The lowest BCUT2D eigenvalue weighted by Gasteiger charge is -2.02. The molecule has 0 saturated carbocycles. The largest absolute Gasteiger partial charge is 0.368 e. The van der Waals surface area contributed by atoms with E-state index in [0.717, 1.165) is 0 Å². The van der Waals surface area contributed by atoms with Crippen LogP contribution in [0.4, 0.5) is 0 Å². The fraction of sp³-hybridized carbons (Fsp3) is 0.800. The van der Waals surface area contributed by atoms with Crippen molar-refractivity contribution in [3.05, 3.63) is 0 Å². The molecule has 5 heteroatoms. The van der Waals surface area contributed by atoms with Crippen LogP contribution in [-0.2, 0) is 9.53 Å². The lowest BCUT2D eigenvalue weighted by molar-refractivity contribution is -0.111. The first kappa shape index (κ1) is 9.84. The van der Waals surface area contributed by atoms with Gasteiger partial charge in [0.05, 0.1) is 0 Å². The topological polar surface area (TPSA) is 50.4 Å². The summed E-state index contributed by atoms with van der Waals surface area (Å²) in [6.45, 7) is 0.933. The zero-order chi connectivity index (χ0) is 7.82. The van der Waals surface area contributed by atoms with E-state index < -0.39 is 0 Å². The van der Waals surface area contributed by atoms with E-state index in [0.29, 0.717) is 19.7 Å². The van der Waals surface area contributed by atoms with Crippen LogP contribution in [0.15, 0.2) is 0 Å². The Bertz CT molecular complexity index is 99.6. The normalized spacial score (nSPS) is 9.80. The van der Waals surface area contributed by atoms with E-state index in [1.54, 1.807) is 7.11 Å². The van der Waals surface area contributed by atoms with Gasteiger partial charge in [0, 0.05) is 20.1 Å². The average molecular weight is 167 g/mol. The van der Waals surface area contributed by atoms with Gasteiger partial charge in [0.1, 0.15) is 6.73 Å². The van der Waals surface area contributed by atoms with Crippen LogP contribution in [0.5, 0.6) is 0 Å². The highest BCUT2D eigenvalue weighted by Gasteiger charge is 1.92. The Labute approximate surface area is 64.8 Å². The molecular formula is C5H11ClN2O2. The Hall–Kier alpha value is -0.160. The van der Waals surface area contributed by atoms with Crippen LogP contribution >= 0.6 is 11.6 Å². The number of nitrogens with one attached hydrogen (secondary N) is 2. The number of rotatable bonds is 6. The molecule has 0 spiro atoms. The fourth-order valence-corrected chi connectivity index (χ4v) is 0.467. The summed E-state index contributed by atoms with van der Waals surface area (Å²) in [4.78, 5) is 10.1. The number of methoxy groups -OCH3 is 1. The van der Waals surface area contributed by atoms with Crippen LogP contribution in [0.2, 0.25) is 0 Å². The summed E-state index contributed by atoms with van der Waals surface area (Å²) in [6, 6.07) is 0. The molecule has 0 aromatic rings. The zero-order valence-electron chi connectivity index (χ0n) is 5.82. The van der Waals surface area contributed by atoms with Crippen LogP contribution in [0, 0.1) is 0 Å². The molecule has 0 aliphatic carbocycles. The number of carbonyl (C=O) groups is 1. The van der Waals surface area contributed by atoms with Gasteiger partial charge in [-0.25, -0.2) is 5.43 Å². The summed E-state index contributed by atoms with van der Waals surface area (Å²) in [5.74, 6) is 0. The maximum Gasteiger partial charge on any atom is 0.222 e. The van der Waals surface area contributed by atoms with Gasteiger partial charge in [-0.05, 0) is 11.6 Å². The van der Waals surface area contributed by atoms with E-state index in [9.17, 15) is 4.79 Å². The number of ether oxygens (including phenoxy) is 1. The molecule has 0 amide bonds. The van der Waals surface area contributed by atoms with Crippen molar-refractivity contribution in [2.24, 2.45) is 0 Å². The first-order chi connectivity index (χ1) is 4.77. The van der Waals surface area contributed by atoms with Crippen molar-refractivity contribution in [1.82, 2.24) is 10.9 Å². The number of halogens is 1. The van der Waals surface area contributed by atoms with Gasteiger partial charge in [-0.15, -0.1) is 0 Å². The molecule has 0 rings (SSSR count). The summed E-state index contributed by atoms with van der Waals surface area (Å²) in [7, 11) is 1.57. The molecule has 0 radical (unpaired) electrons. The van der Waals surface area contributed by atoms with Gasteiger partial charge in [0.15, 0.2) is 0 Å². The van der Waals surface area contributed by atoms with Crippen LogP contribution in [0.25, 0.3) is 0 Å². The van der Waals surface area contributed by atoms with Gasteiger partial charge in [0.2, 0.25) is 5.24 Å². The van der Waals surface area contributed by atoms with E-state index in [4.69, 9.17) is 11.6 Å². The van der Waals surface area contributed by atoms with E-state index in [2.05, 4.69) is 15.6 Å². The van der Waals surface area contributed by atoms with Gasteiger partial charge in [-0.3, -0.25) is 10.2 Å². The summed E-state index contributed by atoms with van der Waals surface area (Å²) >= 11 is 5.05. The van der Waals surface area contributed by atoms with Gasteiger partial charge in [0.25, 0.3) is 0 Å². The Morgan fingerprint density at radius 2 is 2.30 bits per heavy atom. The number of carbonyl (C=O) groups excluding carboxylic acids is 1. The van der Waals surface area contributed by atoms with Crippen molar-refractivity contribution < 1.29 is 9.53 Å². The Kier molecular flexibility index (Phi) is 6.84. The standard InChI is InChI=1S/C5H11ClN2O2/c1-10-4-8-7-3-2-5(6)9/h7-8H,2-4H2,1H3. The maximum atomic E-state index is 10.1. The van der Waals surface area contributed by atoms with E-state index in [1.165, 1.54) is 0 Å². The predicted molar refractivity (Wildman–Crippen MR) is 38.5 cm³/mol. The minimum atomic E-state index is -0.341. The van der Waals surface area contributed by atoms with Crippen molar-refractivity contribution in [2.45, 2.75) is 6.42 Å². The minimum Gasteiger partial charge on any atom is -0.368 e. The molecule has 0 fully saturated rings. The SMILES string of the molecule is COCNNCCC(=O)Cl. The first-order valence-electron chi connectivity index (χ1n) is 2.90. The third-order valence-electron chi connectivity index (χ3n) is 0.788. The Balaban J connectivity index is 2.84. The maximum absolute atomic E-state index is 10.1. The molecule has 10 heavy (non-hydrogen) atoms. The fourth-order valence-electron chi connectivity index (χ4n) is 0.372. The van der Waals surface area contributed by atoms with E-state index in [-0.39, 0.29) is 5.24 Å². The quantitative estimate of drug-likeness (QED) is 0.249. The second-order valence-electron chi connectivity index (χ2n) is 1.64. The van der Waals surface area contributed by atoms with Crippen LogP contribution in [-0.4, -0.2) is 25.6 Å². The van der Waals surface area contributed by atoms with Crippen molar-refractivity contribution in [2.75, 3.05) is 20.4 Å². The highest BCUT2D eigenvalue weighted by Crippen LogP contribution is 1.83. The predicted octanol–water partition coefficient (Wildman–Crippen LogP) is -0.160. The van der Waals surface area contributed by atoms with Crippen molar-refractivity contribution in [1.29, 1.82) is 0 Å². The number of hydrogen-bond acceptors (Lipinski definition) is 4. The van der Waals surface area contributed by atoms with Crippen molar-refractivity contribution in [3.63, 3.8) is 0 Å². The van der Waals surface area contributed by atoms with Gasteiger partial charge < -0.3 is 4.74 Å². The lowest BCUT2D eigenvalue weighted by atomic mass is 10.5. The van der Waals surface area contributed by atoms with Gasteiger partial charge in [-0.1, -0.05) is 0 Å². The second kappa shape index (κ2) is 6.95. The molecule has 0 aliphatic heterocycles. The summed E-state index contributed by atoms with van der Waals surface area (Å²) in [6.07, 6.45) is 0.318. The second-order valence-corrected chi connectivity index (χ2v) is 2.06. The van der Waals surface area contributed by atoms with Crippen LogP contribution in [0.3, 0.4) is 0 Å². The third-order valence-corrected chi connectivity index (χ3v) is 0.977. The molecule has 0 heterocycles. The van der Waals surface area contributed by atoms with Crippen LogP contribution in [0.1, 0.15) is 6.42 Å². The Morgan fingerprint density at radius 1 is 1.60 bits per heavy atom. The molecule has 4 nitrogen and oxygen atoms in total. The smallest absolute Gasteiger partial charge is 0.222 e. The van der Waals surface area contributed by atoms with Crippen molar-refractivity contribution in [3.8, 4) is 0 Å². The monoisotopic (exact) mass is 166 g/mol. The molecule has 0 bridgehead atoms. The van der Waals surface area contributed by atoms with Gasteiger partial charge in [-0.2, -0.15) is 0 Å². The molecular weight excluding hydrogens is 156 g/mol. The molecule has 0 unspecified atom stereocenters. The Morgan fingerprint density at radius 3 is 2.80 bits per heavy atom. The highest BCUT2D eigenvalue weighted by atomic mass is 35.5. The molecule has 0 aliphatic rings. The minimum absolute atomic E-state index is 0.318. The van der Waals surface area contributed by atoms with Gasteiger partial charge >= 0.3 is 0 Å². The van der Waals surface area contributed by atoms with Crippen molar-refractivity contribution >= 4 is 16.8 Å². The molecule has 2 N–H and O–H groups in total. The highest BCUT2D eigenvalue weighted by molar-refractivity contribution is 6.63. The molecule has 60 valence electrons. The number of hydrogen-bond donors (Lipinski definition) is 2.